The number of halogens is 5. The van der Waals surface area contributed by atoms with Gasteiger partial charge >= 0.3 is 63.6 Å². The molecule has 0 spiro atoms. The average Bonchev–Trinajstić information content (AvgIpc) is 3.85. The maximum absolute atomic E-state index is 13.6. The summed E-state index contributed by atoms with van der Waals surface area (Å²) in [6.45, 7) is 15.5. The third kappa shape index (κ3) is 9.47. The topological polar surface area (TPSA) is 144 Å². The summed E-state index contributed by atoms with van der Waals surface area (Å²) in [5.41, 5.74) is -1.66. The summed E-state index contributed by atoms with van der Waals surface area (Å²) in [5.74, 6) is -3.05. The molecule has 6 rings (SSSR count). The van der Waals surface area contributed by atoms with Crippen molar-refractivity contribution in [3.05, 3.63) is 77.4 Å². The molecular formula is C36H40ClF4KN4O6. The number of rotatable bonds is 4. The Kier molecular flexibility index (Phi) is 14.6. The predicted molar refractivity (Wildman–Crippen MR) is 176 cm³/mol. The quantitative estimate of drug-likeness (QED) is 0.164. The molecule has 2 saturated heterocycles. The minimum Gasteiger partial charge on any atom is -0.512 e. The van der Waals surface area contributed by atoms with Crippen LogP contribution in [0.5, 0.6) is 0 Å². The fourth-order valence-electron chi connectivity index (χ4n) is 7.36. The van der Waals surface area contributed by atoms with E-state index in [-0.39, 0.29) is 88.7 Å². The van der Waals surface area contributed by atoms with E-state index in [0.717, 1.165) is 18.4 Å². The summed E-state index contributed by atoms with van der Waals surface area (Å²) in [6.07, 6.45) is -0.690. The molecule has 2 saturated carbocycles. The number of hydrogen-bond donors (Lipinski definition) is 1. The van der Waals surface area contributed by atoms with Crippen molar-refractivity contribution in [2.45, 2.75) is 94.6 Å². The molecule has 0 bridgehead atoms. The van der Waals surface area contributed by atoms with Gasteiger partial charge in [-0.2, -0.15) is 5.26 Å². The molecule has 2 aromatic rings. The van der Waals surface area contributed by atoms with Crippen LogP contribution in [0.1, 0.15) is 65.5 Å². The van der Waals surface area contributed by atoms with Gasteiger partial charge in [0.25, 0.3) is 0 Å². The zero-order valence-electron chi connectivity index (χ0n) is 30.0. The Hall–Kier alpha value is -2.76. The third-order valence-electron chi connectivity index (χ3n) is 9.44. The molecule has 4 fully saturated rings. The number of benzene rings is 2. The van der Waals surface area contributed by atoms with Gasteiger partial charge in [-0.25, -0.2) is 27.2 Å². The molecule has 2 heterocycles. The van der Waals surface area contributed by atoms with Crippen LogP contribution in [0.25, 0.3) is 0 Å². The smallest absolute Gasteiger partial charge is 0.512 e. The fraction of sp³-hybridized carbons (Fsp3) is 0.528. The van der Waals surface area contributed by atoms with Crippen molar-refractivity contribution in [2.75, 3.05) is 13.1 Å². The van der Waals surface area contributed by atoms with E-state index in [1.54, 1.807) is 47.6 Å². The van der Waals surface area contributed by atoms with Crippen LogP contribution < -0.4 is 51.4 Å². The number of aldehydes is 1. The van der Waals surface area contributed by atoms with Crippen molar-refractivity contribution in [3.63, 3.8) is 0 Å². The number of nitriles is 1. The van der Waals surface area contributed by atoms with E-state index < -0.39 is 75.7 Å². The average molecular weight is 775 g/mol. The van der Waals surface area contributed by atoms with E-state index in [4.69, 9.17) is 26.6 Å². The molecule has 3 unspecified atom stereocenters. The predicted octanol–water partition coefficient (Wildman–Crippen LogP) is 3.29. The molecule has 276 valence electrons. The number of aliphatic hydroxyl groups excluding tert-OH is 1. The molecule has 0 aromatic heterocycles. The van der Waals surface area contributed by atoms with E-state index in [2.05, 4.69) is 0 Å². The standard InChI is InChI=1S/C18H20F2N2O3.C17H19F2NO3.CN.ClH.K/c1-17(2,3)25-16(24)22-9-18(7-13(18)15(22)14(23)8-21)10-4-11(19)6-12(20)5-10;1-16(2,3)23-15(22)20-9-17(7-13(17)14(20)8-21)10-4-11(18)6-12(19)5-10;1-2;;/h4-6,13-15,23H,7,9H2,1-3H3;4-6,8,13-14H,7,9H2,1-3H3;;1H;/q;;-1;;+1/t13-,14?,15?,18+;13-,14?,17+;;;/m00.../s1. The van der Waals surface area contributed by atoms with E-state index in [1.165, 1.54) is 34.1 Å². The van der Waals surface area contributed by atoms with Gasteiger partial charge < -0.3 is 36.1 Å². The molecule has 1 N–H and O–H groups in total. The second kappa shape index (κ2) is 16.7. The molecule has 2 amide bonds. The monoisotopic (exact) mass is 774 g/mol. The summed E-state index contributed by atoms with van der Waals surface area (Å²) in [6, 6.07) is 7.05. The van der Waals surface area contributed by atoms with Crippen LogP contribution in [0.4, 0.5) is 27.2 Å². The van der Waals surface area contributed by atoms with Crippen molar-refractivity contribution in [3.8, 4) is 6.07 Å². The number of carbonyl (C=O) groups is 3. The minimum absolute atomic E-state index is 0. The molecular weight excluding hydrogens is 735 g/mol. The first-order valence-corrected chi connectivity index (χ1v) is 15.9. The number of carbonyl (C=O) groups excluding carboxylic acids is 3. The van der Waals surface area contributed by atoms with Crippen LogP contribution in [-0.2, 0) is 25.1 Å². The molecule has 4 aliphatic rings. The van der Waals surface area contributed by atoms with Gasteiger partial charge in [-0.05, 0) is 102 Å². The summed E-state index contributed by atoms with van der Waals surface area (Å²) < 4.78 is 65.0. The maximum Gasteiger partial charge on any atom is 1.00 e. The zero-order valence-corrected chi connectivity index (χ0v) is 33.9. The SMILES string of the molecule is CC(C)(C)OC(=O)N1C[C@@]2(c3cc(F)cc(F)c3)C[C@H]2C1C(O)C#N.CC(C)(C)OC(=O)N1C[C@@]2(c3cc(F)cc(F)c3)C[C@H]2C1C=O.Cl.[C-]#N.[K+]. The van der Waals surface area contributed by atoms with E-state index in [1.807, 2.05) is 0 Å². The number of fused-ring (bicyclic) bond motifs is 2. The molecule has 2 aromatic carbocycles. The normalized spacial score (nSPS) is 26.8. The Morgan fingerprint density at radius 2 is 1.19 bits per heavy atom. The van der Waals surface area contributed by atoms with Crippen LogP contribution in [0, 0.1) is 58.3 Å². The maximum atomic E-state index is 13.6. The van der Waals surface area contributed by atoms with Crippen molar-refractivity contribution in [1.29, 1.82) is 10.5 Å². The van der Waals surface area contributed by atoms with Crippen LogP contribution in [0.15, 0.2) is 36.4 Å². The number of hydrogen-bond acceptors (Lipinski definition) is 8. The van der Waals surface area contributed by atoms with Crippen LogP contribution in [-0.4, -0.2) is 75.9 Å². The number of ether oxygens (including phenoxy) is 2. The third-order valence-corrected chi connectivity index (χ3v) is 9.44. The Morgan fingerprint density at radius 3 is 1.58 bits per heavy atom. The van der Waals surface area contributed by atoms with Gasteiger partial charge in [0.05, 0.1) is 18.2 Å². The van der Waals surface area contributed by atoms with E-state index in [9.17, 15) is 37.1 Å². The van der Waals surface area contributed by atoms with Crippen LogP contribution in [0.3, 0.4) is 0 Å². The van der Waals surface area contributed by atoms with Gasteiger partial charge in [-0.15, -0.1) is 12.4 Å². The second-order valence-corrected chi connectivity index (χ2v) is 15.2. The van der Waals surface area contributed by atoms with Gasteiger partial charge in [0.1, 0.15) is 40.8 Å². The first-order valence-electron chi connectivity index (χ1n) is 15.9. The van der Waals surface area contributed by atoms with Crippen molar-refractivity contribution >= 4 is 30.9 Å². The van der Waals surface area contributed by atoms with Gasteiger partial charge in [-0.1, -0.05) is 0 Å². The molecule has 2 aliphatic carbocycles. The molecule has 10 nitrogen and oxygen atoms in total. The number of amides is 2. The van der Waals surface area contributed by atoms with E-state index in [0.29, 0.717) is 24.0 Å². The largest absolute Gasteiger partial charge is 1.00 e. The summed E-state index contributed by atoms with van der Waals surface area (Å²) >= 11 is 0. The Bertz CT molecular complexity index is 1690. The number of nitrogens with zero attached hydrogens (tertiary/aromatic N) is 4. The fourth-order valence-corrected chi connectivity index (χ4v) is 7.36. The Labute approximate surface area is 349 Å². The number of piperidine rings is 2. The number of likely N-dealkylation sites (tertiary alicyclic amines) is 2. The van der Waals surface area contributed by atoms with Crippen LogP contribution in [0.2, 0.25) is 0 Å². The second-order valence-electron chi connectivity index (χ2n) is 15.2. The molecule has 52 heavy (non-hydrogen) atoms. The summed E-state index contributed by atoms with van der Waals surface area (Å²) in [5, 5.41) is 25.4. The Balaban J connectivity index is 0.000000332. The summed E-state index contributed by atoms with van der Waals surface area (Å²) in [4.78, 5) is 38.9. The zero-order chi connectivity index (χ0) is 37.6. The van der Waals surface area contributed by atoms with Gasteiger partial charge in [-0.3, -0.25) is 4.90 Å². The molecule has 16 heteroatoms. The van der Waals surface area contributed by atoms with Crippen LogP contribution >= 0.6 is 12.4 Å². The van der Waals surface area contributed by atoms with Crippen molar-refractivity contribution in [2.24, 2.45) is 11.8 Å². The van der Waals surface area contributed by atoms with Crippen molar-refractivity contribution in [1.82, 2.24) is 9.80 Å². The number of aliphatic hydroxyl groups is 1. The molecule has 2 aliphatic heterocycles. The molecule has 7 atom stereocenters. The molecule has 0 radical (unpaired) electrons. The van der Waals surface area contributed by atoms with Crippen molar-refractivity contribution < 1.29 is 97.9 Å². The summed E-state index contributed by atoms with van der Waals surface area (Å²) in [7, 11) is 0. The van der Waals surface area contributed by atoms with Gasteiger partial charge in [0, 0.05) is 36.1 Å². The van der Waals surface area contributed by atoms with Gasteiger partial charge in [0.2, 0.25) is 0 Å². The Morgan fingerprint density at radius 1 is 0.827 bits per heavy atom. The van der Waals surface area contributed by atoms with E-state index >= 15 is 0 Å². The first-order chi connectivity index (χ1) is 23.2. The van der Waals surface area contributed by atoms with Gasteiger partial charge in [0.15, 0.2) is 6.10 Å². The first kappa shape index (κ1) is 45.4. The minimum atomic E-state index is -1.39.